The second-order valence-electron chi connectivity index (χ2n) is 11.1. The molecular weight excluding hydrogens is 614 g/mol. The summed E-state index contributed by atoms with van der Waals surface area (Å²) in [6.07, 6.45) is 0.442. The topological polar surface area (TPSA) is 150 Å². The van der Waals surface area contributed by atoms with E-state index in [1.807, 2.05) is 15.2 Å². The minimum absolute atomic E-state index is 0.00448. The molecule has 0 radical (unpaired) electrons. The molecule has 0 aliphatic carbocycles. The van der Waals surface area contributed by atoms with E-state index in [-0.39, 0.29) is 24.8 Å². The Labute approximate surface area is 269 Å². The lowest BCUT2D eigenvalue weighted by molar-refractivity contribution is -0.137. The molecule has 3 N–H and O–H groups in total. The maximum Gasteiger partial charge on any atom is 0.320 e. The molecule has 4 amide bonds. The standard InChI is InChI=1S/C32H35N5O8S/c38-29(39)19-24(28-3-1-16-46-28)34-30(40)21-4-6-25(23(17-21)33-31(41)22-5-7-26-27(18-22)45-20-44-26)35-8-2-9-36(11-10-35)32(42)37-12-14-43-15-13-37/h1,3-7,16-18,24H,2,8-15,19-20H2,(H,33,41)(H,34,40)(H,38,39). The van der Waals surface area contributed by atoms with Gasteiger partial charge in [0.2, 0.25) is 6.79 Å². The predicted octanol–water partition coefficient (Wildman–Crippen LogP) is 3.64. The van der Waals surface area contributed by atoms with Crippen LogP contribution >= 0.6 is 11.3 Å². The summed E-state index contributed by atoms with van der Waals surface area (Å²) in [7, 11) is 0. The number of nitrogens with zero attached hydrogens (tertiary/aromatic N) is 3. The molecule has 6 rings (SSSR count). The Balaban J connectivity index is 1.24. The number of urea groups is 1. The van der Waals surface area contributed by atoms with Crippen molar-refractivity contribution in [2.24, 2.45) is 0 Å². The zero-order valence-corrected chi connectivity index (χ0v) is 25.9. The number of carbonyl (C=O) groups is 4. The van der Waals surface area contributed by atoms with Gasteiger partial charge in [0.05, 0.1) is 37.1 Å². The number of carboxylic acid groups (broad SMARTS) is 1. The Bertz CT molecular complexity index is 1590. The van der Waals surface area contributed by atoms with Gasteiger partial charge in [0.1, 0.15) is 0 Å². The van der Waals surface area contributed by atoms with E-state index in [2.05, 4.69) is 15.5 Å². The van der Waals surface area contributed by atoms with Crippen molar-refractivity contribution in [3.63, 3.8) is 0 Å². The van der Waals surface area contributed by atoms with Crippen LogP contribution in [0.5, 0.6) is 11.5 Å². The summed E-state index contributed by atoms with van der Waals surface area (Å²) < 4.78 is 16.2. The highest BCUT2D eigenvalue weighted by atomic mass is 32.1. The van der Waals surface area contributed by atoms with Crippen molar-refractivity contribution in [1.29, 1.82) is 0 Å². The minimum atomic E-state index is -1.03. The number of carbonyl (C=O) groups excluding carboxylic acids is 3. The number of amides is 4. The number of thiophene rings is 1. The molecule has 3 aromatic rings. The van der Waals surface area contributed by atoms with Gasteiger partial charge >= 0.3 is 12.0 Å². The van der Waals surface area contributed by atoms with Crippen LogP contribution in [0.15, 0.2) is 53.9 Å². The Morgan fingerprint density at radius 1 is 0.848 bits per heavy atom. The quantitative estimate of drug-likeness (QED) is 0.333. The number of ether oxygens (including phenoxy) is 3. The molecule has 1 atom stereocenters. The molecule has 0 saturated carbocycles. The van der Waals surface area contributed by atoms with Crippen LogP contribution in [0.4, 0.5) is 16.2 Å². The smallest absolute Gasteiger partial charge is 0.320 e. The summed E-state index contributed by atoms with van der Waals surface area (Å²) in [6.45, 7) is 4.52. The van der Waals surface area contributed by atoms with Crippen molar-refractivity contribution in [2.45, 2.75) is 18.9 Å². The number of hydrogen-bond donors (Lipinski definition) is 3. The number of nitrogens with one attached hydrogen (secondary N) is 2. The summed E-state index contributed by atoms with van der Waals surface area (Å²) in [4.78, 5) is 58.2. The van der Waals surface area contributed by atoms with Crippen molar-refractivity contribution < 1.29 is 38.5 Å². The van der Waals surface area contributed by atoms with E-state index in [9.17, 15) is 24.3 Å². The summed E-state index contributed by atoms with van der Waals surface area (Å²) in [5.74, 6) is -0.885. The number of morpholine rings is 1. The third-order valence-electron chi connectivity index (χ3n) is 8.10. The second kappa shape index (κ2) is 14.1. The number of aliphatic carboxylic acids is 1. The maximum absolute atomic E-state index is 13.5. The Hall–Kier alpha value is -4.82. The van der Waals surface area contributed by atoms with Crippen LogP contribution in [-0.4, -0.2) is 98.0 Å². The number of benzene rings is 2. The van der Waals surface area contributed by atoms with Gasteiger partial charge in [0.25, 0.3) is 11.8 Å². The number of hydrogen-bond acceptors (Lipinski definition) is 9. The lowest BCUT2D eigenvalue weighted by atomic mass is 10.1. The van der Waals surface area contributed by atoms with Crippen LogP contribution in [0.25, 0.3) is 0 Å². The minimum Gasteiger partial charge on any atom is -0.481 e. The SMILES string of the molecule is O=C(O)CC(NC(=O)c1ccc(N2CCCN(C(=O)N3CCOCC3)CC2)c(NC(=O)c2ccc3c(c2)OCO3)c1)c1cccs1. The fourth-order valence-electron chi connectivity index (χ4n) is 5.72. The van der Waals surface area contributed by atoms with Crippen LogP contribution < -0.4 is 25.0 Å². The molecule has 0 spiro atoms. The summed E-state index contributed by atoms with van der Waals surface area (Å²) in [5, 5.41) is 17.1. The first kappa shape index (κ1) is 31.2. The molecule has 14 heteroatoms. The van der Waals surface area contributed by atoms with E-state index in [1.165, 1.54) is 11.3 Å². The van der Waals surface area contributed by atoms with Gasteiger partial charge in [-0.05, 0) is 54.3 Å². The van der Waals surface area contributed by atoms with Gasteiger partial charge in [0.15, 0.2) is 11.5 Å². The number of carboxylic acids is 1. The summed E-state index contributed by atoms with van der Waals surface area (Å²) >= 11 is 1.36. The molecular formula is C32H35N5O8S. The first-order valence-electron chi connectivity index (χ1n) is 15.1. The van der Waals surface area contributed by atoms with Crippen LogP contribution in [0.3, 0.4) is 0 Å². The van der Waals surface area contributed by atoms with Crippen molar-refractivity contribution in [3.05, 3.63) is 69.9 Å². The van der Waals surface area contributed by atoms with Gasteiger partial charge in [0, 0.05) is 55.3 Å². The zero-order valence-electron chi connectivity index (χ0n) is 25.1. The van der Waals surface area contributed by atoms with Crippen LogP contribution in [-0.2, 0) is 9.53 Å². The van der Waals surface area contributed by atoms with E-state index >= 15 is 0 Å². The molecule has 2 saturated heterocycles. The molecule has 1 unspecified atom stereocenters. The van der Waals surface area contributed by atoms with Crippen molar-refractivity contribution >= 4 is 46.5 Å². The maximum atomic E-state index is 13.5. The number of anilines is 2. The molecule has 242 valence electrons. The average Bonchev–Trinajstić information content (AvgIpc) is 3.72. The Kier molecular flexibility index (Phi) is 9.54. The van der Waals surface area contributed by atoms with Crippen LogP contribution in [0.1, 0.15) is 44.5 Å². The predicted molar refractivity (Wildman–Crippen MR) is 170 cm³/mol. The number of fused-ring (bicyclic) bond motifs is 1. The van der Waals surface area contributed by atoms with Crippen molar-refractivity contribution in [1.82, 2.24) is 15.1 Å². The molecule has 4 heterocycles. The van der Waals surface area contributed by atoms with Gasteiger partial charge in [-0.2, -0.15) is 0 Å². The van der Waals surface area contributed by atoms with Gasteiger partial charge in [-0.3, -0.25) is 14.4 Å². The van der Waals surface area contributed by atoms with Crippen molar-refractivity contribution in [2.75, 3.05) is 69.5 Å². The summed E-state index contributed by atoms with van der Waals surface area (Å²) in [6, 6.07) is 12.8. The first-order chi connectivity index (χ1) is 22.4. The molecule has 0 bridgehead atoms. The molecule has 2 fully saturated rings. The molecule has 46 heavy (non-hydrogen) atoms. The van der Waals surface area contributed by atoms with E-state index < -0.39 is 23.8 Å². The summed E-state index contributed by atoms with van der Waals surface area (Å²) in [5.41, 5.74) is 1.72. The molecule has 2 aromatic carbocycles. The van der Waals surface area contributed by atoms with Crippen LogP contribution in [0, 0.1) is 0 Å². The van der Waals surface area contributed by atoms with E-state index in [1.54, 1.807) is 48.5 Å². The van der Waals surface area contributed by atoms with Gasteiger partial charge in [-0.25, -0.2) is 4.79 Å². The lowest BCUT2D eigenvalue weighted by Gasteiger charge is -2.32. The monoisotopic (exact) mass is 649 g/mol. The fraction of sp³-hybridized carbons (Fsp3) is 0.375. The van der Waals surface area contributed by atoms with Gasteiger partial charge in [-0.15, -0.1) is 11.3 Å². The normalized spacial score (nSPS) is 16.8. The highest BCUT2D eigenvalue weighted by Gasteiger charge is 2.27. The van der Waals surface area contributed by atoms with E-state index in [0.717, 1.165) is 4.88 Å². The van der Waals surface area contributed by atoms with Crippen molar-refractivity contribution in [3.8, 4) is 11.5 Å². The second-order valence-corrected chi connectivity index (χ2v) is 12.1. The molecule has 3 aliphatic heterocycles. The number of rotatable bonds is 8. The van der Waals surface area contributed by atoms with E-state index in [4.69, 9.17) is 14.2 Å². The lowest BCUT2D eigenvalue weighted by Crippen LogP contribution is -2.49. The third-order valence-corrected chi connectivity index (χ3v) is 9.09. The molecule has 13 nitrogen and oxygen atoms in total. The first-order valence-corrected chi connectivity index (χ1v) is 16.0. The largest absolute Gasteiger partial charge is 0.481 e. The van der Waals surface area contributed by atoms with E-state index in [0.29, 0.717) is 87.3 Å². The van der Waals surface area contributed by atoms with Gasteiger partial charge in [-0.1, -0.05) is 6.07 Å². The third kappa shape index (κ3) is 7.18. The fourth-order valence-corrected chi connectivity index (χ4v) is 6.50. The highest BCUT2D eigenvalue weighted by molar-refractivity contribution is 7.10. The zero-order chi connectivity index (χ0) is 32.0. The van der Waals surface area contributed by atoms with Gasteiger partial charge < -0.3 is 44.7 Å². The molecule has 1 aromatic heterocycles. The highest BCUT2D eigenvalue weighted by Crippen LogP contribution is 2.34. The Morgan fingerprint density at radius 3 is 2.39 bits per heavy atom. The Morgan fingerprint density at radius 2 is 1.61 bits per heavy atom. The van der Waals surface area contributed by atoms with Crippen LogP contribution in [0.2, 0.25) is 0 Å². The molecule has 3 aliphatic rings. The average molecular weight is 650 g/mol.